The second-order valence-corrected chi connectivity index (χ2v) is 11.4. The molecular formula is C28H42N4O4. The van der Waals surface area contributed by atoms with Crippen LogP contribution in [-0.4, -0.2) is 94.1 Å². The number of amides is 4. The van der Waals surface area contributed by atoms with E-state index >= 15 is 0 Å². The molecule has 198 valence electrons. The van der Waals surface area contributed by atoms with E-state index in [0.717, 1.165) is 32.5 Å². The van der Waals surface area contributed by atoms with E-state index in [1.165, 1.54) is 10.5 Å². The van der Waals surface area contributed by atoms with Gasteiger partial charge in [0.2, 0.25) is 0 Å². The zero-order chi connectivity index (χ0) is 26.1. The van der Waals surface area contributed by atoms with Gasteiger partial charge in [-0.25, -0.2) is 9.59 Å². The highest BCUT2D eigenvalue weighted by Gasteiger charge is 2.57. The topological polar surface area (TPSA) is 73.4 Å². The fourth-order valence-corrected chi connectivity index (χ4v) is 6.13. The summed E-state index contributed by atoms with van der Waals surface area (Å²) in [6.07, 6.45) is 2.65. The molecule has 3 fully saturated rings. The molecule has 0 saturated carbocycles. The first kappa shape index (κ1) is 26.5. The number of nitrogens with zero attached hydrogens (tertiary/aromatic N) is 4. The molecule has 1 aromatic carbocycles. The zero-order valence-corrected chi connectivity index (χ0v) is 22.5. The van der Waals surface area contributed by atoms with Crippen molar-refractivity contribution in [3.63, 3.8) is 0 Å². The second-order valence-electron chi connectivity index (χ2n) is 11.4. The molecule has 2 atom stereocenters. The number of piperidine rings is 1. The van der Waals surface area contributed by atoms with Crippen LogP contribution in [0.3, 0.4) is 0 Å². The second kappa shape index (κ2) is 10.4. The predicted molar refractivity (Wildman–Crippen MR) is 139 cm³/mol. The Balaban J connectivity index is 1.46. The molecule has 3 aliphatic heterocycles. The van der Waals surface area contributed by atoms with Gasteiger partial charge in [-0.3, -0.25) is 9.69 Å². The maximum absolute atomic E-state index is 13.4. The van der Waals surface area contributed by atoms with E-state index in [2.05, 4.69) is 17.0 Å². The minimum Gasteiger partial charge on any atom is -0.444 e. The fraction of sp³-hybridized carbons (Fsp3) is 0.679. The summed E-state index contributed by atoms with van der Waals surface area (Å²) in [4.78, 5) is 46.9. The van der Waals surface area contributed by atoms with Gasteiger partial charge in [-0.1, -0.05) is 37.3 Å². The molecule has 1 aromatic rings. The van der Waals surface area contributed by atoms with Crippen molar-refractivity contribution < 1.29 is 19.1 Å². The van der Waals surface area contributed by atoms with E-state index < -0.39 is 11.1 Å². The first-order valence-electron chi connectivity index (χ1n) is 13.5. The van der Waals surface area contributed by atoms with Crippen LogP contribution in [0.1, 0.15) is 71.8 Å². The monoisotopic (exact) mass is 498 g/mol. The molecule has 0 aliphatic carbocycles. The van der Waals surface area contributed by atoms with Crippen LogP contribution in [0.25, 0.3) is 0 Å². The van der Waals surface area contributed by atoms with Crippen LogP contribution in [0.15, 0.2) is 30.3 Å². The minimum absolute atomic E-state index is 0.0313. The molecule has 0 radical (unpaired) electrons. The van der Waals surface area contributed by atoms with Gasteiger partial charge >= 0.3 is 12.1 Å². The number of likely N-dealkylation sites (N-methyl/N-ethyl adjacent to an activating group) is 1. The van der Waals surface area contributed by atoms with Crippen LogP contribution >= 0.6 is 0 Å². The quantitative estimate of drug-likeness (QED) is 0.547. The van der Waals surface area contributed by atoms with Crippen molar-refractivity contribution in [3.05, 3.63) is 35.9 Å². The summed E-state index contributed by atoms with van der Waals surface area (Å²) in [6.45, 7) is 13.5. The average Bonchev–Trinajstić information content (AvgIpc) is 3.34. The van der Waals surface area contributed by atoms with E-state index in [0.29, 0.717) is 32.5 Å². The number of ether oxygens (including phenoxy) is 1. The lowest BCUT2D eigenvalue weighted by Gasteiger charge is -2.43. The SMILES string of the molecule is CCCN1C(=O)N(CC)C2(CCN(CC3CC(c4ccccc4)CN3C(=O)OC(C)(C)C)CC2)C1=O. The van der Waals surface area contributed by atoms with Crippen LogP contribution in [0.5, 0.6) is 0 Å². The number of hydrogen-bond donors (Lipinski definition) is 0. The van der Waals surface area contributed by atoms with Crippen LogP contribution in [-0.2, 0) is 9.53 Å². The Kier molecular flexibility index (Phi) is 7.64. The van der Waals surface area contributed by atoms with Gasteiger partial charge in [0.15, 0.2) is 0 Å². The summed E-state index contributed by atoms with van der Waals surface area (Å²) in [5.74, 6) is 0.239. The summed E-state index contributed by atoms with van der Waals surface area (Å²) < 4.78 is 5.76. The molecular weight excluding hydrogens is 456 g/mol. The molecule has 4 amide bonds. The largest absolute Gasteiger partial charge is 0.444 e. The van der Waals surface area contributed by atoms with Crippen molar-refractivity contribution in [2.24, 2.45) is 0 Å². The normalized spacial score (nSPS) is 24.8. The third-order valence-corrected chi connectivity index (χ3v) is 7.85. The highest BCUT2D eigenvalue weighted by Crippen LogP contribution is 2.38. The van der Waals surface area contributed by atoms with Crippen LogP contribution in [0.2, 0.25) is 0 Å². The van der Waals surface area contributed by atoms with Gasteiger partial charge in [0.1, 0.15) is 11.1 Å². The Morgan fingerprint density at radius 1 is 1.08 bits per heavy atom. The van der Waals surface area contributed by atoms with E-state index in [-0.39, 0.29) is 30.0 Å². The maximum Gasteiger partial charge on any atom is 0.410 e. The molecule has 2 unspecified atom stereocenters. The first-order chi connectivity index (χ1) is 17.1. The van der Waals surface area contributed by atoms with Crippen LogP contribution in [0, 0.1) is 0 Å². The summed E-state index contributed by atoms with van der Waals surface area (Å²) in [5, 5.41) is 0. The summed E-state index contributed by atoms with van der Waals surface area (Å²) in [5.41, 5.74) is -0.0198. The number of carbonyl (C=O) groups is 3. The molecule has 3 aliphatic rings. The van der Waals surface area contributed by atoms with Gasteiger partial charge in [0, 0.05) is 51.2 Å². The zero-order valence-electron chi connectivity index (χ0n) is 22.5. The molecule has 3 saturated heterocycles. The summed E-state index contributed by atoms with van der Waals surface area (Å²) in [6, 6.07) is 10.3. The molecule has 0 bridgehead atoms. The van der Waals surface area contributed by atoms with Crippen molar-refractivity contribution in [1.82, 2.24) is 19.6 Å². The molecule has 36 heavy (non-hydrogen) atoms. The molecule has 0 aromatic heterocycles. The minimum atomic E-state index is -0.718. The van der Waals surface area contributed by atoms with Crippen molar-refractivity contribution in [1.29, 1.82) is 0 Å². The molecule has 1 spiro atoms. The van der Waals surface area contributed by atoms with Gasteiger partial charge in [0.25, 0.3) is 5.91 Å². The third kappa shape index (κ3) is 5.10. The first-order valence-corrected chi connectivity index (χ1v) is 13.5. The predicted octanol–water partition coefficient (Wildman–Crippen LogP) is 4.31. The molecule has 8 nitrogen and oxygen atoms in total. The number of benzene rings is 1. The van der Waals surface area contributed by atoms with Gasteiger partial charge in [-0.15, -0.1) is 0 Å². The molecule has 3 heterocycles. The lowest BCUT2D eigenvalue weighted by atomic mass is 9.85. The number of imide groups is 1. The Hall–Kier alpha value is -2.61. The highest BCUT2D eigenvalue weighted by atomic mass is 16.6. The van der Waals surface area contributed by atoms with E-state index in [1.54, 1.807) is 4.90 Å². The van der Waals surface area contributed by atoms with Gasteiger partial charge in [-0.05, 0) is 58.9 Å². The van der Waals surface area contributed by atoms with Crippen molar-refractivity contribution >= 4 is 18.0 Å². The van der Waals surface area contributed by atoms with Crippen molar-refractivity contribution in [3.8, 4) is 0 Å². The Morgan fingerprint density at radius 2 is 1.75 bits per heavy atom. The van der Waals surface area contributed by atoms with Crippen molar-refractivity contribution in [2.75, 3.05) is 39.3 Å². The van der Waals surface area contributed by atoms with Gasteiger partial charge in [0.05, 0.1) is 0 Å². The number of carbonyl (C=O) groups excluding carboxylic acids is 3. The number of hydrogen-bond acceptors (Lipinski definition) is 5. The highest BCUT2D eigenvalue weighted by molar-refractivity contribution is 6.07. The van der Waals surface area contributed by atoms with E-state index in [9.17, 15) is 14.4 Å². The number of rotatable bonds is 6. The standard InChI is InChI=1S/C28H42N4O4/c1-6-15-30-24(33)28(32(7-2)25(30)34)13-16-29(17-14-28)20-23-18-22(21-11-9-8-10-12-21)19-31(23)26(35)36-27(3,4)5/h8-12,22-23H,6-7,13-20H2,1-5H3. The number of likely N-dealkylation sites (tertiary alicyclic amines) is 2. The Labute approximate surface area is 215 Å². The van der Waals surface area contributed by atoms with Gasteiger partial charge < -0.3 is 19.4 Å². The third-order valence-electron chi connectivity index (χ3n) is 7.85. The van der Waals surface area contributed by atoms with Gasteiger partial charge in [-0.2, -0.15) is 0 Å². The molecule has 8 heteroatoms. The van der Waals surface area contributed by atoms with E-state index in [4.69, 9.17) is 4.74 Å². The fourth-order valence-electron chi connectivity index (χ4n) is 6.13. The molecule has 0 N–H and O–H groups in total. The smallest absolute Gasteiger partial charge is 0.410 e. The number of urea groups is 1. The van der Waals surface area contributed by atoms with E-state index in [1.807, 2.05) is 57.7 Å². The lowest BCUT2D eigenvalue weighted by molar-refractivity contribution is -0.135. The Bertz CT molecular complexity index is 952. The Morgan fingerprint density at radius 3 is 2.33 bits per heavy atom. The van der Waals surface area contributed by atoms with Crippen LogP contribution < -0.4 is 0 Å². The van der Waals surface area contributed by atoms with Crippen molar-refractivity contribution in [2.45, 2.75) is 83.4 Å². The lowest BCUT2D eigenvalue weighted by Crippen LogP contribution is -2.57. The summed E-state index contributed by atoms with van der Waals surface area (Å²) in [7, 11) is 0. The summed E-state index contributed by atoms with van der Waals surface area (Å²) >= 11 is 0. The van der Waals surface area contributed by atoms with Crippen LogP contribution in [0.4, 0.5) is 9.59 Å². The molecule has 4 rings (SSSR count). The average molecular weight is 499 g/mol. The maximum atomic E-state index is 13.4.